The molecule has 1 amide bonds. The van der Waals surface area contributed by atoms with Gasteiger partial charge in [0.25, 0.3) is 0 Å². The molecule has 1 N–H and O–H groups in total. The number of halogens is 1. The first-order chi connectivity index (χ1) is 14.5. The van der Waals surface area contributed by atoms with Crippen LogP contribution >= 0.6 is 22.9 Å². The molecular formula is C23H18ClN3O2S. The molecule has 1 aliphatic rings. The standard InChI is InChI=1S/C23H18ClN3O2S/c1-14-25-19(13-30-14)16-3-2-4-18(11-16)26-22(28)23(9-10-23)21-12-20(29-27-21)15-5-7-17(24)8-6-15/h2-8,11-13H,9-10H2,1H3,(H,26,28). The molecule has 1 aliphatic carbocycles. The molecule has 0 aliphatic heterocycles. The van der Waals surface area contributed by atoms with E-state index in [4.69, 9.17) is 16.1 Å². The molecular weight excluding hydrogens is 418 g/mol. The molecule has 1 fully saturated rings. The second kappa shape index (κ2) is 7.38. The summed E-state index contributed by atoms with van der Waals surface area (Å²) in [6.07, 6.45) is 1.49. The average Bonchev–Trinajstić information content (AvgIpc) is 3.20. The van der Waals surface area contributed by atoms with Crippen molar-refractivity contribution < 1.29 is 9.32 Å². The van der Waals surface area contributed by atoms with Crippen molar-refractivity contribution >= 4 is 34.5 Å². The number of rotatable bonds is 5. The van der Waals surface area contributed by atoms with Crippen molar-refractivity contribution in [2.75, 3.05) is 5.32 Å². The molecule has 5 nitrogen and oxygen atoms in total. The minimum Gasteiger partial charge on any atom is -0.356 e. The summed E-state index contributed by atoms with van der Waals surface area (Å²) >= 11 is 7.56. The van der Waals surface area contributed by atoms with Crippen molar-refractivity contribution in [3.05, 3.63) is 75.7 Å². The Balaban J connectivity index is 1.36. The van der Waals surface area contributed by atoms with Crippen molar-refractivity contribution in [3.8, 4) is 22.6 Å². The predicted molar refractivity (Wildman–Crippen MR) is 119 cm³/mol. The number of anilines is 1. The van der Waals surface area contributed by atoms with Crippen molar-refractivity contribution in [2.45, 2.75) is 25.2 Å². The maximum absolute atomic E-state index is 13.1. The van der Waals surface area contributed by atoms with Crippen molar-refractivity contribution in [3.63, 3.8) is 0 Å². The number of aryl methyl sites for hydroxylation is 1. The fourth-order valence-electron chi connectivity index (χ4n) is 3.48. The molecule has 0 atom stereocenters. The highest BCUT2D eigenvalue weighted by atomic mass is 35.5. The third kappa shape index (κ3) is 3.53. The number of aromatic nitrogens is 2. The molecule has 30 heavy (non-hydrogen) atoms. The maximum atomic E-state index is 13.1. The van der Waals surface area contributed by atoms with Crippen LogP contribution < -0.4 is 5.32 Å². The summed E-state index contributed by atoms with van der Waals surface area (Å²) in [6.45, 7) is 1.98. The lowest BCUT2D eigenvalue weighted by Crippen LogP contribution is -2.28. The van der Waals surface area contributed by atoms with E-state index >= 15 is 0 Å². The smallest absolute Gasteiger partial charge is 0.236 e. The molecule has 2 heterocycles. The number of nitrogens with zero attached hydrogens (tertiary/aromatic N) is 2. The molecule has 150 valence electrons. The third-order valence-corrected chi connectivity index (χ3v) is 6.37. The summed E-state index contributed by atoms with van der Waals surface area (Å²) in [4.78, 5) is 17.6. The van der Waals surface area contributed by atoms with E-state index in [2.05, 4.69) is 15.5 Å². The van der Waals surface area contributed by atoms with Crippen LogP contribution in [-0.4, -0.2) is 16.0 Å². The Hall–Kier alpha value is -2.96. The highest BCUT2D eigenvalue weighted by Gasteiger charge is 2.53. The van der Waals surface area contributed by atoms with Crippen LogP contribution in [0.25, 0.3) is 22.6 Å². The zero-order valence-corrected chi connectivity index (χ0v) is 17.8. The van der Waals surface area contributed by atoms with Crippen LogP contribution in [0.15, 0.2) is 64.5 Å². The van der Waals surface area contributed by atoms with E-state index in [0.29, 0.717) is 16.5 Å². The Morgan fingerprint density at radius 3 is 2.63 bits per heavy atom. The number of benzene rings is 2. The summed E-state index contributed by atoms with van der Waals surface area (Å²) in [5.74, 6) is 0.562. The van der Waals surface area contributed by atoms with Crippen LogP contribution in [0.3, 0.4) is 0 Å². The number of nitrogens with one attached hydrogen (secondary N) is 1. The van der Waals surface area contributed by atoms with Gasteiger partial charge in [-0.3, -0.25) is 4.79 Å². The van der Waals surface area contributed by atoms with Crippen molar-refractivity contribution in [2.24, 2.45) is 0 Å². The van der Waals surface area contributed by atoms with Crippen molar-refractivity contribution in [1.29, 1.82) is 0 Å². The van der Waals surface area contributed by atoms with Crippen LogP contribution in [0.4, 0.5) is 5.69 Å². The predicted octanol–water partition coefficient (Wildman–Crippen LogP) is 6.10. The second-order valence-corrected chi connectivity index (χ2v) is 8.95. The minimum absolute atomic E-state index is 0.0648. The Kier molecular flexibility index (Phi) is 4.68. The molecule has 7 heteroatoms. The van der Waals surface area contributed by atoms with E-state index in [1.165, 1.54) is 0 Å². The molecule has 2 aromatic heterocycles. The van der Waals surface area contributed by atoms with Gasteiger partial charge in [0.1, 0.15) is 0 Å². The van der Waals surface area contributed by atoms with Crippen LogP contribution in [0.2, 0.25) is 5.02 Å². The summed E-state index contributed by atoms with van der Waals surface area (Å²) in [6, 6.07) is 17.0. The first-order valence-corrected chi connectivity index (χ1v) is 10.9. The van der Waals surface area contributed by atoms with E-state index < -0.39 is 5.41 Å². The fraction of sp³-hybridized carbons (Fsp3) is 0.174. The molecule has 2 aromatic carbocycles. The Morgan fingerprint density at radius 1 is 1.13 bits per heavy atom. The number of carbonyl (C=O) groups excluding carboxylic acids is 1. The van der Waals surface area contributed by atoms with Gasteiger partial charge in [-0.15, -0.1) is 11.3 Å². The van der Waals surface area contributed by atoms with Gasteiger partial charge in [-0.05, 0) is 56.2 Å². The molecule has 0 bridgehead atoms. The topological polar surface area (TPSA) is 68.0 Å². The van der Waals surface area contributed by atoms with Gasteiger partial charge in [0.05, 0.1) is 21.8 Å². The third-order valence-electron chi connectivity index (χ3n) is 5.35. The minimum atomic E-state index is -0.638. The van der Waals surface area contributed by atoms with E-state index in [-0.39, 0.29) is 5.91 Å². The number of carbonyl (C=O) groups is 1. The van der Waals surface area contributed by atoms with Gasteiger partial charge in [-0.25, -0.2) is 4.98 Å². The lowest BCUT2D eigenvalue weighted by molar-refractivity contribution is -0.118. The number of thiazole rings is 1. The highest BCUT2D eigenvalue weighted by Crippen LogP contribution is 2.49. The number of amides is 1. The second-order valence-electron chi connectivity index (χ2n) is 7.45. The fourth-order valence-corrected chi connectivity index (χ4v) is 4.23. The van der Waals surface area contributed by atoms with Crippen LogP contribution in [0.5, 0.6) is 0 Å². The van der Waals surface area contributed by atoms with E-state index in [1.807, 2.05) is 54.8 Å². The quantitative estimate of drug-likeness (QED) is 0.411. The van der Waals surface area contributed by atoms with E-state index in [9.17, 15) is 4.79 Å². The summed E-state index contributed by atoms with van der Waals surface area (Å²) < 4.78 is 5.52. The van der Waals surface area contributed by atoms with Crippen LogP contribution in [0.1, 0.15) is 23.5 Å². The lowest BCUT2D eigenvalue weighted by Gasteiger charge is -2.13. The SMILES string of the molecule is Cc1nc(-c2cccc(NC(=O)C3(c4cc(-c5ccc(Cl)cc5)on4)CC3)c2)cs1. The van der Waals surface area contributed by atoms with Gasteiger partial charge < -0.3 is 9.84 Å². The Morgan fingerprint density at radius 2 is 1.93 bits per heavy atom. The van der Waals surface area contributed by atoms with Gasteiger partial charge in [0, 0.05) is 33.3 Å². The van der Waals surface area contributed by atoms with Gasteiger partial charge in [0.15, 0.2) is 5.76 Å². The maximum Gasteiger partial charge on any atom is 0.236 e. The Labute approximate surface area is 182 Å². The van der Waals surface area contributed by atoms with Crippen molar-refractivity contribution in [1.82, 2.24) is 10.1 Å². The van der Waals surface area contributed by atoms with E-state index in [1.54, 1.807) is 23.5 Å². The number of hydrogen-bond donors (Lipinski definition) is 1. The highest BCUT2D eigenvalue weighted by molar-refractivity contribution is 7.09. The number of hydrogen-bond acceptors (Lipinski definition) is 5. The van der Waals surface area contributed by atoms with Crippen LogP contribution in [-0.2, 0) is 10.2 Å². The monoisotopic (exact) mass is 435 g/mol. The lowest BCUT2D eigenvalue weighted by atomic mass is 10.00. The summed E-state index contributed by atoms with van der Waals surface area (Å²) in [5.41, 5.74) is 3.54. The first-order valence-electron chi connectivity index (χ1n) is 9.61. The molecule has 0 saturated heterocycles. The normalized spacial score (nSPS) is 14.5. The summed E-state index contributed by atoms with van der Waals surface area (Å²) in [7, 11) is 0. The molecule has 1 saturated carbocycles. The summed E-state index contributed by atoms with van der Waals surface area (Å²) in [5, 5.41) is 10.9. The average molecular weight is 436 g/mol. The van der Waals surface area contributed by atoms with Gasteiger partial charge >= 0.3 is 0 Å². The van der Waals surface area contributed by atoms with Gasteiger partial charge in [-0.2, -0.15) is 0 Å². The molecule has 0 spiro atoms. The molecule has 4 aromatic rings. The van der Waals surface area contributed by atoms with Gasteiger partial charge in [-0.1, -0.05) is 28.9 Å². The Bertz CT molecular complexity index is 1230. The zero-order valence-electron chi connectivity index (χ0n) is 16.2. The first kappa shape index (κ1) is 19.0. The van der Waals surface area contributed by atoms with Gasteiger partial charge in [0.2, 0.25) is 5.91 Å². The molecule has 0 radical (unpaired) electrons. The van der Waals surface area contributed by atoms with Crippen LogP contribution in [0, 0.1) is 6.92 Å². The zero-order chi connectivity index (χ0) is 20.7. The molecule has 5 rings (SSSR count). The largest absolute Gasteiger partial charge is 0.356 e. The van der Waals surface area contributed by atoms with E-state index in [0.717, 1.165) is 40.4 Å². The molecule has 0 unspecified atom stereocenters.